The van der Waals surface area contributed by atoms with Crippen LogP contribution in [0.5, 0.6) is 5.88 Å². The number of aromatic nitrogens is 3. The summed E-state index contributed by atoms with van der Waals surface area (Å²) in [4.78, 5) is 12.3. The van der Waals surface area contributed by atoms with Crippen molar-refractivity contribution in [2.45, 2.75) is 6.42 Å². The SMILES string of the molecule is N#Cc1c(OCCc2ccccn2)nc(N)nc1-c1ccc(F)cc1. The number of anilines is 1. The van der Waals surface area contributed by atoms with Gasteiger partial charge in [0.1, 0.15) is 17.4 Å². The summed E-state index contributed by atoms with van der Waals surface area (Å²) in [6.07, 6.45) is 2.26. The van der Waals surface area contributed by atoms with Gasteiger partial charge in [-0.25, -0.2) is 9.37 Å². The van der Waals surface area contributed by atoms with Crippen LogP contribution in [0.2, 0.25) is 0 Å². The molecule has 25 heavy (non-hydrogen) atoms. The largest absolute Gasteiger partial charge is 0.476 e. The number of benzene rings is 1. The fourth-order valence-corrected chi connectivity index (χ4v) is 2.28. The van der Waals surface area contributed by atoms with Crippen LogP contribution in [0.25, 0.3) is 11.3 Å². The maximum atomic E-state index is 13.1. The molecule has 0 bridgehead atoms. The Labute approximate surface area is 143 Å². The summed E-state index contributed by atoms with van der Waals surface area (Å²) in [6.45, 7) is 0.283. The number of rotatable bonds is 5. The van der Waals surface area contributed by atoms with Crippen LogP contribution in [-0.2, 0) is 6.42 Å². The van der Waals surface area contributed by atoms with Gasteiger partial charge in [0.25, 0.3) is 0 Å². The van der Waals surface area contributed by atoms with Gasteiger partial charge in [0, 0.05) is 23.9 Å². The van der Waals surface area contributed by atoms with E-state index in [2.05, 4.69) is 15.0 Å². The van der Waals surface area contributed by atoms with E-state index in [1.807, 2.05) is 24.3 Å². The van der Waals surface area contributed by atoms with Crippen LogP contribution in [0, 0.1) is 17.1 Å². The number of nitrogens with zero attached hydrogens (tertiary/aromatic N) is 4. The Hall–Kier alpha value is -3.53. The van der Waals surface area contributed by atoms with Crippen molar-refractivity contribution >= 4 is 5.95 Å². The van der Waals surface area contributed by atoms with Crippen molar-refractivity contribution in [1.82, 2.24) is 15.0 Å². The number of hydrogen-bond acceptors (Lipinski definition) is 6. The minimum Gasteiger partial charge on any atom is -0.476 e. The summed E-state index contributed by atoms with van der Waals surface area (Å²) in [5, 5.41) is 9.49. The molecule has 0 aliphatic rings. The Morgan fingerprint density at radius 1 is 1.12 bits per heavy atom. The van der Waals surface area contributed by atoms with Crippen molar-refractivity contribution in [2.75, 3.05) is 12.3 Å². The van der Waals surface area contributed by atoms with E-state index < -0.39 is 0 Å². The molecule has 7 heteroatoms. The van der Waals surface area contributed by atoms with Crippen LogP contribution in [0.15, 0.2) is 48.7 Å². The van der Waals surface area contributed by atoms with Gasteiger partial charge in [0.2, 0.25) is 11.8 Å². The van der Waals surface area contributed by atoms with Crippen molar-refractivity contribution < 1.29 is 9.13 Å². The van der Waals surface area contributed by atoms with Gasteiger partial charge in [0.15, 0.2) is 0 Å². The molecule has 0 atom stereocenters. The Morgan fingerprint density at radius 2 is 1.92 bits per heavy atom. The van der Waals surface area contributed by atoms with Gasteiger partial charge in [-0.3, -0.25) is 4.98 Å². The predicted octanol–water partition coefficient (Wildman–Crippen LogP) is 2.75. The van der Waals surface area contributed by atoms with Gasteiger partial charge in [-0.2, -0.15) is 10.2 Å². The zero-order chi connectivity index (χ0) is 17.6. The summed E-state index contributed by atoms with van der Waals surface area (Å²) >= 11 is 0. The van der Waals surface area contributed by atoms with E-state index in [1.54, 1.807) is 6.20 Å². The summed E-state index contributed by atoms with van der Waals surface area (Å²) < 4.78 is 18.7. The predicted molar refractivity (Wildman–Crippen MR) is 90.0 cm³/mol. The minimum absolute atomic E-state index is 0.0221. The third-order valence-electron chi connectivity index (χ3n) is 3.45. The number of hydrogen-bond donors (Lipinski definition) is 1. The lowest BCUT2D eigenvalue weighted by Crippen LogP contribution is -2.08. The molecule has 2 aromatic heterocycles. The van der Waals surface area contributed by atoms with E-state index in [9.17, 15) is 9.65 Å². The summed E-state index contributed by atoms with van der Waals surface area (Å²) in [6, 6.07) is 13.3. The second-order valence-electron chi connectivity index (χ2n) is 5.15. The number of nitriles is 1. The highest BCUT2D eigenvalue weighted by Gasteiger charge is 2.16. The van der Waals surface area contributed by atoms with Gasteiger partial charge >= 0.3 is 0 Å². The molecule has 2 N–H and O–H groups in total. The molecule has 3 rings (SSSR count). The first kappa shape index (κ1) is 16.3. The zero-order valence-corrected chi connectivity index (χ0v) is 13.2. The lowest BCUT2D eigenvalue weighted by Gasteiger charge is -2.10. The molecule has 124 valence electrons. The highest BCUT2D eigenvalue weighted by atomic mass is 19.1. The van der Waals surface area contributed by atoms with Crippen LogP contribution >= 0.6 is 0 Å². The average molecular weight is 335 g/mol. The first-order valence-electron chi connectivity index (χ1n) is 7.53. The fraction of sp³-hybridized carbons (Fsp3) is 0.111. The molecule has 0 amide bonds. The van der Waals surface area contributed by atoms with Gasteiger partial charge in [-0.15, -0.1) is 0 Å². The number of halogens is 1. The average Bonchev–Trinajstić information content (AvgIpc) is 2.63. The van der Waals surface area contributed by atoms with Gasteiger partial charge < -0.3 is 10.5 Å². The Kier molecular flexibility index (Phi) is 4.81. The van der Waals surface area contributed by atoms with E-state index >= 15 is 0 Å². The van der Waals surface area contributed by atoms with Gasteiger partial charge in [-0.1, -0.05) is 6.07 Å². The first-order valence-corrected chi connectivity index (χ1v) is 7.53. The van der Waals surface area contributed by atoms with Crippen LogP contribution in [0.1, 0.15) is 11.3 Å². The van der Waals surface area contributed by atoms with Crippen LogP contribution in [0.4, 0.5) is 10.3 Å². The number of ether oxygens (including phenoxy) is 1. The second-order valence-corrected chi connectivity index (χ2v) is 5.15. The van der Waals surface area contributed by atoms with Crippen molar-refractivity contribution in [3.05, 3.63) is 65.7 Å². The molecule has 0 radical (unpaired) electrons. The molecule has 6 nitrogen and oxygen atoms in total. The summed E-state index contributed by atoms with van der Waals surface area (Å²) in [5.74, 6) is -0.299. The molecule has 3 aromatic rings. The lowest BCUT2D eigenvalue weighted by atomic mass is 10.1. The number of nitrogen functional groups attached to an aromatic ring is 1. The van der Waals surface area contributed by atoms with Crippen LogP contribution < -0.4 is 10.5 Å². The summed E-state index contributed by atoms with van der Waals surface area (Å²) in [7, 11) is 0. The van der Waals surface area contributed by atoms with Crippen molar-refractivity contribution in [1.29, 1.82) is 5.26 Å². The van der Waals surface area contributed by atoms with E-state index in [0.717, 1.165) is 5.69 Å². The van der Waals surface area contributed by atoms with Crippen molar-refractivity contribution in [2.24, 2.45) is 0 Å². The molecule has 0 aliphatic carbocycles. The molecule has 0 saturated carbocycles. The highest BCUT2D eigenvalue weighted by molar-refractivity contribution is 5.69. The topological polar surface area (TPSA) is 97.7 Å². The third-order valence-corrected chi connectivity index (χ3v) is 3.45. The fourth-order valence-electron chi connectivity index (χ4n) is 2.28. The quantitative estimate of drug-likeness (QED) is 0.770. The minimum atomic E-state index is -0.379. The zero-order valence-electron chi connectivity index (χ0n) is 13.2. The lowest BCUT2D eigenvalue weighted by molar-refractivity contribution is 0.307. The molecule has 0 saturated heterocycles. The molecule has 0 spiro atoms. The number of nitrogens with two attached hydrogens (primary N) is 1. The Bertz CT molecular complexity index is 907. The molecule has 0 unspecified atom stereocenters. The second kappa shape index (κ2) is 7.36. The van der Waals surface area contributed by atoms with E-state index in [0.29, 0.717) is 17.7 Å². The van der Waals surface area contributed by atoms with E-state index in [1.165, 1.54) is 24.3 Å². The Morgan fingerprint density at radius 3 is 2.60 bits per heavy atom. The number of pyridine rings is 1. The highest BCUT2D eigenvalue weighted by Crippen LogP contribution is 2.28. The third kappa shape index (κ3) is 3.87. The summed E-state index contributed by atoms with van der Waals surface area (Å²) in [5.41, 5.74) is 7.62. The van der Waals surface area contributed by atoms with Gasteiger partial charge in [-0.05, 0) is 36.4 Å². The van der Waals surface area contributed by atoms with Crippen LogP contribution in [-0.4, -0.2) is 21.6 Å². The standard InChI is InChI=1S/C18H14FN5O/c19-13-6-4-12(5-7-13)16-15(11-20)17(24-18(21)23-16)25-10-8-14-3-1-2-9-22-14/h1-7,9H,8,10H2,(H2,21,23,24). The van der Waals surface area contributed by atoms with E-state index in [-0.39, 0.29) is 29.8 Å². The van der Waals surface area contributed by atoms with E-state index in [4.69, 9.17) is 10.5 Å². The smallest absolute Gasteiger partial charge is 0.237 e. The first-order chi connectivity index (χ1) is 12.2. The Balaban J connectivity index is 1.86. The monoisotopic (exact) mass is 335 g/mol. The molecular formula is C18H14FN5O. The van der Waals surface area contributed by atoms with Crippen LogP contribution in [0.3, 0.4) is 0 Å². The maximum Gasteiger partial charge on any atom is 0.237 e. The maximum absolute atomic E-state index is 13.1. The molecule has 0 aliphatic heterocycles. The van der Waals surface area contributed by atoms with Crippen molar-refractivity contribution in [3.8, 4) is 23.2 Å². The van der Waals surface area contributed by atoms with Crippen molar-refractivity contribution in [3.63, 3.8) is 0 Å². The van der Waals surface area contributed by atoms with Gasteiger partial charge in [0.05, 0.1) is 12.3 Å². The molecule has 0 fully saturated rings. The molecule has 2 heterocycles. The normalized spacial score (nSPS) is 10.2. The molecular weight excluding hydrogens is 321 g/mol. The molecule has 1 aromatic carbocycles.